The van der Waals surface area contributed by atoms with Crippen LogP contribution in [0.4, 0.5) is 0 Å². The summed E-state index contributed by atoms with van der Waals surface area (Å²) in [6.07, 6.45) is 1.23. The Kier molecular flexibility index (Phi) is 4.88. The fourth-order valence-corrected chi connectivity index (χ4v) is 2.91. The number of hydrogen-bond acceptors (Lipinski definition) is 0. The molecule has 112 valence electrons. The SMILES string of the molecule is CCC(C)C(C)c1ccc(C(C)(C)c2ccccc2)cc1. The highest BCUT2D eigenvalue weighted by atomic mass is 14.3. The quantitative estimate of drug-likeness (QED) is 0.615. The molecular formula is C21H28. The zero-order chi connectivity index (χ0) is 15.5. The normalized spacial score (nSPS) is 14.7. The van der Waals surface area contributed by atoms with Crippen molar-refractivity contribution in [2.45, 2.75) is 52.4 Å². The predicted octanol–water partition coefficient (Wildman–Crippen LogP) is 6.16. The minimum atomic E-state index is 0.0550. The van der Waals surface area contributed by atoms with Crippen molar-refractivity contribution in [3.05, 3.63) is 71.3 Å². The molecule has 0 heterocycles. The second kappa shape index (κ2) is 6.47. The van der Waals surface area contributed by atoms with Gasteiger partial charge in [-0.25, -0.2) is 0 Å². The molecule has 0 radical (unpaired) electrons. The van der Waals surface area contributed by atoms with E-state index in [4.69, 9.17) is 0 Å². The molecule has 2 unspecified atom stereocenters. The minimum Gasteiger partial charge on any atom is -0.0651 e. The highest BCUT2D eigenvalue weighted by Crippen LogP contribution is 2.33. The maximum Gasteiger partial charge on any atom is 0.0146 e. The average Bonchev–Trinajstić information content (AvgIpc) is 2.54. The molecule has 0 spiro atoms. The van der Waals surface area contributed by atoms with Crippen LogP contribution in [0.5, 0.6) is 0 Å². The van der Waals surface area contributed by atoms with E-state index in [0.717, 1.165) is 5.92 Å². The van der Waals surface area contributed by atoms with Crippen molar-refractivity contribution in [3.8, 4) is 0 Å². The Morgan fingerprint density at radius 1 is 0.810 bits per heavy atom. The van der Waals surface area contributed by atoms with Gasteiger partial charge in [0.15, 0.2) is 0 Å². The van der Waals surface area contributed by atoms with Crippen molar-refractivity contribution in [2.75, 3.05) is 0 Å². The number of benzene rings is 2. The summed E-state index contributed by atoms with van der Waals surface area (Å²) in [6, 6.07) is 20.0. The summed E-state index contributed by atoms with van der Waals surface area (Å²) in [6.45, 7) is 11.6. The Hall–Kier alpha value is -1.56. The van der Waals surface area contributed by atoms with Crippen molar-refractivity contribution in [2.24, 2.45) is 5.92 Å². The van der Waals surface area contributed by atoms with E-state index < -0.39 is 0 Å². The largest absolute Gasteiger partial charge is 0.0651 e. The monoisotopic (exact) mass is 280 g/mol. The van der Waals surface area contributed by atoms with Gasteiger partial charge in [-0.1, -0.05) is 95.6 Å². The minimum absolute atomic E-state index is 0.0550. The van der Waals surface area contributed by atoms with Gasteiger partial charge in [-0.15, -0.1) is 0 Å². The molecular weight excluding hydrogens is 252 g/mol. The highest BCUT2D eigenvalue weighted by Gasteiger charge is 2.23. The van der Waals surface area contributed by atoms with Crippen LogP contribution in [0.25, 0.3) is 0 Å². The Morgan fingerprint density at radius 3 is 1.86 bits per heavy atom. The molecule has 0 aromatic heterocycles. The van der Waals surface area contributed by atoms with Crippen molar-refractivity contribution in [1.29, 1.82) is 0 Å². The molecule has 0 aliphatic carbocycles. The molecule has 0 heteroatoms. The molecule has 21 heavy (non-hydrogen) atoms. The zero-order valence-electron chi connectivity index (χ0n) is 14.1. The van der Waals surface area contributed by atoms with Gasteiger partial charge < -0.3 is 0 Å². The summed E-state index contributed by atoms with van der Waals surface area (Å²) in [4.78, 5) is 0. The fourth-order valence-electron chi connectivity index (χ4n) is 2.91. The Labute approximate surface area is 130 Å². The van der Waals surface area contributed by atoms with Gasteiger partial charge in [0.2, 0.25) is 0 Å². The lowest BCUT2D eigenvalue weighted by Crippen LogP contribution is -2.18. The lowest BCUT2D eigenvalue weighted by Gasteiger charge is -2.27. The second-order valence-electron chi connectivity index (χ2n) is 6.79. The number of hydrogen-bond donors (Lipinski definition) is 0. The fraction of sp³-hybridized carbons (Fsp3) is 0.429. The molecule has 0 saturated heterocycles. The number of rotatable bonds is 5. The van der Waals surface area contributed by atoms with E-state index in [2.05, 4.69) is 89.2 Å². The van der Waals surface area contributed by atoms with Crippen LogP contribution in [-0.2, 0) is 5.41 Å². The third-order valence-electron chi connectivity index (χ3n) is 5.15. The summed E-state index contributed by atoms with van der Waals surface area (Å²) in [5.74, 6) is 1.36. The molecule has 2 atom stereocenters. The van der Waals surface area contributed by atoms with Crippen molar-refractivity contribution >= 4 is 0 Å². The van der Waals surface area contributed by atoms with E-state index >= 15 is 0 Å². The summed E-state index contributed by atoms with van der Waals surface area (Å²) in [7, 11) is 0. The van der Waals surface area contributed by atoms with E-state index in [9.17, 15) is 0 Å². The maximum atomic E-state index is 2.34. The van der Waals surface area contributed by atoms with E-state index in [1.165, 1.54) is 23.1 Å². The van der Waals surface area contributed by atoms with E-state index in [-0.39, 0.29) is 5.41 Å². The molecule has 0 amide bonds. The van der Waals surface area contributed by atoms with Crippen LogP contribution in [0, 0.1) is 5.92 Å². The van der Waals surface area contributed by atoms with Crippen LogP contribution in [0.15, 0.2) is 54.6 Å². The molecule has 2 rings (SSSR count). The van der Waals surface area contributed by atoms with Crippen LogP contribution in [0.3, 0.4) is 0 Å². The van der Waals surface area contributed by atoms with Crippen LogP contribution >= 0.6 is 0 Å². The van der Waals surface area contributed by atoms with Gasteiger partial charge in [-0.3, -0.25) is 0 Å². The molecule has 2 aromatic carbocycles. The lowest BCUT2D eigenvalue weighted by atomic mass is 9.77. The molecule has 0 fully saturated rings. The molecule has 0 N–H and O–H groups in total. The molecule has 2 aromatic rings. The lowest BCUT2D eigenvalue weighted by molar-refractivity contribution is 0.473. The summed E-state index contributed by atoms with van der Waals surface area (Å²) >= 11 is 0. The molecule has 0 aliphatic rings. The van der Waals surface area contributed by atoms with Crippen molar-refractivity contribution in [1.82, 2.24) is 0 Å². The summed E-state index contributed by atoms with van der Waals surface area (Å²) in [5, 5.41) is 0. The Balaban J connectivity index is 2.26. The van der Waals surface area contributed by atoms with Gasteiger partial charge in [-0.2, -0.15) is 0 Å². The van der Waals surface area contributed by atoms with E-state index in [0.29, 0.717) is 5.92 Å². The molecule has 0 saturated carbocycles. The first-order chi connectivity index (χ1) is 9.96. The van der Waals surface area contributed by atoms with Crippen LogP contribution in [0.2, 0.25) is 0 Å². The standard InChI is InChI=1S/C21H28/c1-6-16(2)17(3)18-12-14-20(15-13-18)21(4,5)19-10-8-7-9-11-19/h7-17H,6H2,1-5H3. The third kappa shape index (κ3) is 3.37. The van der Waals surface area contributed by atoms with Crippen LogP contribution in [-0.4, -0.2) is 0 Å². The predicted molar refractivity (Wildman–Crippen MR) is 92.9 cm³/mol. The van der Waals surface area contributed by atoms with Gasteiger partial charge in [0.1, 0.15) is 0 Å². The van der Waals surface area contributed by atoms with E-state index in [1.54, 1.807) is 0 Å². The molecule has 0 bridgehead atoms. The first-order valence-electron chi connectivity index (χ1n) is 8.12. The average molecular weight is 280 g/mol. The van der Waals surface area contributed by atoms with Gasteiger partial charge in [0, 0.05) is 5.41 Å². The second-order valence-corrected chi connectivity index (χ2v) is 6.79. The maximum absolute atomic E-state index is 2.34. The zero-order valence-corrected chi connectivity index (χ0v) is 14.1. The Bertz CT molecular complexity index is 548. The third-order valence-corrected chi connectivity index (χ3v) is 5.15. The first kappa shape index (κ1) is 15.8. The van der Waals surface area contributed by atoms with Crippen molar-refractivity contribution < 1.29 is 0 Å². The van der Waals surface area contributed by atoms with Gasteiger partial charge in [-0.05, 0) is 28.5 Å². The van der Waals surface area contributed by atoms with Crippen LogP contribution in [0.1, 0.15) is 63.6 Å². The Morgan fingerprint density at radius 2 is 1.33 bits per heavy atom. The highest BCUT2D eigenvalue weighted by molar-refractivity contribution is 5.39. The van der Waals surface area contributed by atoms with E-state index in [1.807, 2.05) is 0 Å². The van der Waals surface area contributed by atoms with Crippen LogP contribution < -0.4 is 0 Å². The summed E-state index contributed by atoms with van der Waals surface area (Å²) in [5.41, 5.74) is 4.26. The summed E-state index contributed by atoms with van der Waals surface area (Å²) < 4.78 is 0. The smallest absolute Gasteiger partial charge is 0.0146 e. The van der Waals surface area contributed by atoms with Gasteiger partial charge in [0.05, 0.1) is 0 Å². The molecule has 0 nitrogen and oxygen atoms in total. The van der Waals surface area contributed by atoms with Crippen molar-refractivity contribution in [3.63, 3.8) is 0 Å². The molecule has 0 aliphatic heterocycles. The topological polar surface area (TPSA) is 0 Å². The first-order valence-corrected chi connectivity index (χ1v) is 8.12. The van der Waals surface area contributed by atoms with Gasteiger partial charge >= 0.3 is 0 Å². The van der Waals surface area contributed by atoms with Gasteiger partial charge in [0.25, 0.3) is 0 Å².